The molecule has 4 rings (SSSR count). The van der Waals surface area contributed by atoms with E-state index in [0.29, 0.717) is 23.4 Å². The summed E-state index contributed by atoms with van der Waals surface area (Å²) >= 11 is 3.44. The molecule has 0 spiro atoms. The van der Waals surface area contributed by atoms with E-state index in [1.54, 1.807) is 42.6 Å². The Hall–Kier alpha value is -5.17. The van der Waals surface area contributed by atoms with Gasteiger partial charge in [0.2, 0.25) is 0 Å². The van der Waals surface area contributed by atoms with Crippen LogP contribution >= 0.6 is 15.9 Å². The van der Waals surface area contributed by atoms with Crippen molar-refractivity contribution in [3.05, 3.63) is 111 Å². The zero-order chi connectivity index (χ0) is 27.9. The minimum Gasteiger partial charge on any atom is -0.409 e. The molecule has 3 aromatic carbocycles. The number of aromatic nitrogens is 2. The lowest BCUT2D eigenvalue weighted by atomic mass is 10.1. The van der Waals surface area contributed by atoms with E-state index in [1.807, 2.05) is 24.3 Å². The summed E-state index contributed by atoms with van der Waals surface area (Å²) in [5, 5.41) is 33.7. The predicted molar refractivity (Wildman–Crippen MR) is 149 cm³/mol. The third kappa shape index (κ3) is 6.59. The van der Waals surface area contributed by atoms with Crippen LogP contribution in [-0.2, 0) is 6.54 Å². The molecule has 12 nitrogen and oxygen atoms in total. The molecule has 39 heavy (non-hydrogen) atoms. The molecule has 0 aliphatic carbocycles. The molecule has 13 heteroatoms. The molecule has 0 unspecified atom stereocenters. The fraction of sp³-hybridized carbons (Fsp3) is 0.0385. The summed E-state index contributed by atoms with van der Waals surface area (Å²) in [6, 6.07) is 20.2. The first-order valence-corrected chi connectivity index (χ1v) is 12.2. The van der Waals surface area contributed by atoms with Gasteiger partial charge in [-0.25, -0.2) is 0 Å². The first kappa shape index (κ1) is 26.9. The Bertz CT molecular complexity index is 1600. The van der Waals surface area contributed by atoms with Crippen LogP contribution < -0.4 is 22.1 Å². The molecular formula is C26H23BrN8O4. The number of hydrogen-bond acceptors (Lipinski definition) is 7. The Morgan fingerprint density at radius 3 is 2.18 bits per heavy atom. The van der Waals surface area contributed by atoms with E-state index in [2.05, 4.69) is 42.0 Å². The van der Waals surface area contributed by atoms with Gasteiger partial charge in [0.05, 0.1) is 12.2 Å². The number of amides is 2. The Balaban J connectivity index is 1.65. The first-order chi connectivity index (χ1) is 18.8. The minimum atomic E-state index is -0.597. The number of carbonyl (C=O) groups excluding carboxylic acids is 2. The molecule has 0 radical (unpaired) electrons. The molecular weight excluding hydrogens is 568 g/mol. The maximum absolute atomic E-state index is 13.3. The van der Waals surface area contributed by atoms with Crippen molar-refractivity contribution in [3.8, 4) is 0 Å². The van der Waals surface area contributed by atoms with E-state index in [9.17, 15) is 9.59 Å². The lowest BCUT2D eigenvalue weighted by Crippen LogP contribution is -2.19. The van der Waals surface area contributed by atoms with Gasteiger partial charge in [-0.15, -0.1) is 0 Å². The number of halogens is 1. The lowest BCUT2D eigenvalue weighted by molar-refractivity contribution is 0.102. The SMILES string of the molecule is N/C(=N\O)c1cccc(NC(=O)c2nn(Cc3cccc(Br)c3)cc2NC(=O)c2cccc(/C(N)=N/O)c2)c1. The van der Waals surface area contributed by atoms with E-state index < -0.39 is 11.8 Å². The second-order valence-corrected chi connectivity index (χ2v) is 9.17. The number of rotatable bonds is 8. The van der Waals surface area contributed by atoms with Crippen LogP contribution in [0.15, 0.2) is 93.8 Å². The molecule has 0 saturated carbocycles. The Morgan fingerprint density at radius 2 is 1.49 bits per heavy atom. The molecule has 1 heterocycles. The van der Waals surface area contributed by atoms with E-state index in [0.717, 1.165) is 10.0 Å². The Morgan fingerprint density at radius 1 is 0.846 bits per heavy atom. The van der Waals surface area contributed by atoms with Gasteiger partial charge in [0, 0.05) is 33.0 Å². The summed E-state index contributed by atoms with van der Waals surface area (Å²) in [5.74, 6) is -1.40. The zero-order valence-electron chi connectivity index (χ0n) is 20.2. The number of amidine groups is 2. The van der Waals surface area contributed by atoms with Gasteiger partial charge in [-0.2, -0.15) is 5.10 Å². The minimum absolute atomic E-state index is 0.0415. The van der Waals surface area contributed by atoms with Gasteiger partial charge in [0.1, 0.15) is 0 Å². The average Bonchev–Trinajstić information content (AvgIpc) is 3.34. The third-order valence-electron chi connectivity index (χ3n) is 5.51. The number of anilines is 2. The van der Waals surface area contributed by atoms with E-state index >= 15 is 0 Å². The van der Waals surface area contributed by atoms with Crippen molar-refractivity contribution in [2.75, 3.05) is 10.6 Å². The molecule has 8 N–H and O–H groups in total. The molecule has 0 aliphatic rings. The highest BCUT2D eigenvalue weighted by Gasteiger charge is 2.20. The molecule has 198 valence electrons. The molecule has 0 atom stereocenters. The van der Waals surface area contributed by atoms with Crippen LogP contribution in [-0.4, -0.2) is 43.7 Å². The van der Waals surface area contributed by atoms with E-state index in [4.69, 9.17) is 21.9 Å². The first-order valence-electron chi connectivity index (χ1n) is 11.4. The van der Waals surface area contributed by atoms with Crippen molar-refractivity contribution >= 4 is 50.8 Å². The van der Waals surface area contributed by atoms with Crippen molar-refractivity contribution in [1.82, 2.24) is 9.78 Å². The van der Waals surface area contributed by atoms with Crippen LogP contribution in [0.25, 0.3) is 0 Å². The number of carbonyl (C=O) groups is 2. The summed E-state index contributed by atoms with van der Waals surface area (Å²) in [5.41, 5.74) is 13.7. The largest absolute Gasteiger partial charge is 0.409 e. The lowest BCUT2D eigenvalue weighted by Gasteiger charge is -2.08. The molecule has 1 aromatic heterocycles. The van der Waals surface area contributed by atoms with Crippen molar-refractivity contribution < 1.29 is 20.0 Å². The summed E-state index contributed by atoms with van der Waals surface area (Å²) in [6.07, 6.45) is 1.55. The number of nitrogens with two attached hydrogens (primary N) is 2. The van der Waals surface area contributed by atoms with Crippen LogP contribution in [0.5, 0.6) is 0 Å². The number of benzene rings is 3. The second kappa shape index (κ2) is 11.9. The van der Waals surface area contributed by atoms with Crippen molar-refractivity contribution in [3.63, 3.8) is 0 Å². The van der Waals surface area contributed by atoms with Gasteiger partial charge in [-0.1, -0.05) is 62.6 Å². The zero-order valence-corrected chi connectivity index (χ0v) is 21.8. The Labute approximate surface area is 230 Å². The van der Waals surface area contributed by atoms with E-state index in [1.165, 1.54) is 16.8 Å². The standard InChI is InChI=1S/C26H23BrN8O4/c27-19-8-1-4-15(10-19)13-35-14-21(31-25(36)18-7-2-5-16(11-18)23(28)33-38)22(32-35)26(37)30-20-9-3-6-17(12-20)24(29)34-39/h1-12,14,38-39H,13H2,(H2,28,33)(H2,29,34)(H,30,37)(H,31,36). The highest BCUT2D eigenvalue weighted by Crippen LogP contribution is 2.20. The van der Waals surface area contributed by atoms with Crippen molar-refractivity contribution in [2.24, 2.45) is 21.8 Å². The molecule has 0 aliphatic heterocycles. The quantitative estimate of drug-likeness (QED) is 0.0782. The van der Waals surface area contributed by atoms with Crippen LogP contribution in [0.3, 0.4) is 0 Å². The number of nitrogens with one attached hydrogen (secondary N) is 2. The molecule has 4 aromatic rings. The third-order valence-corrected chi connectivity index (χ3v) is 6.00. The van der Waals surface area contributed by atoms with Gasteiger partial charge >= 0.3 is 0 Å². The second-order valence-electron chi connectivity index (χ2n) is 8.26. The van der Waals surface area contributed by atoms with Crippen molar-refractivity contribution in [1.29, 1.82) is 0 Å². The number of oxime groups is 2. The molecule has 2 amide bonds. The fourth-order valence-electron chi connectivity index (χ4n) is 3.66. The summed E-state index contributed by atoms with van der Waals surface area (Å²) < 4.78 is 2.42. The highest BCUT2D eigenvalue weighted by atomic mass is 79.9. The van der Waals surface area contributed by atoms with Crippen LogP contribution in [0.2, 0.25) is 0 Å². The van der Waals surface area contributed by atoms with Crippen LogP contribution in [0, 0.1) is 0 Å². The summed E-state index contributed by atoms with van der Waals surface area (Å²) in [7, 11) is 0. The van der Waals surface area contributed by atoms with Gasteiger partial charge in [0.15, 0.2) is 17.4 Å². The normalized spacial score (nSPS) is 11.7. The van der Waals surface area contributed by atoms with Gasteiger partial charge < -0.3 is 32.5 Å². The van der Waals surface area contributed by atoms with Crippen LogP contribution in [0.4, 0.5) is 11.4 Å². The van der Waals surface area contributed by atoms with E-state index in [-0.39, 0.29) is 28.6 Å². The average molecular weight is 591 g/mol. The van der Waals surface area contributed by atoms with Gasteiger partial charge in [-0.05, 0) is 42.0 Å². The fourth-order valence-corrected chi connectivity index (χ4v) is 4.11. The predicted octanol–water partition coefficient (Wildman–Crippen LogP) is 3.39. The van der Waals surface area contributed by atoms with Gasteiger partial charge in [0.25, 0.3) is 11.8 Å². The van der Waals surface area contributed by atoms with Gasteiger partial charge in [-0.3, -0.25) is 14.3 Å². The molecule has 0 saturated heterocycles. The smallest absolute Gasteiger partial charge is 0.278 e. The highest BCUT2D eigenvalue weighted by molar-refractivity contribution is 9.10. The Kier molecular flexibility index (Phi) is 8.21. The number of nitrogens with zero attached hydrogens (tertiary/aromatic N) is 4. The maximum Gasteiger partial charge on any atom is 0.278 e. The number of hydrogen-bond donors (Lipinski definition) is 6. The topological polar surface area (TPSA) is 193 Å². The summed E-state index contributed by atoms with van der Waals surface area (Å²) in [6.45, 7) is 0.327. The maximum atomic E-state index is 13.3. The van der Waals surface area contributed by atoms with Crippen LogP contribution in [0.1, 0.15) is 37.5 Å². The van der Waals surface area contributed by atoms with Crippen molar-refractivity contribution in [2.45, 2.75) is 6.54 Å². The summed E-state index contributed by atoms with van der Waals surface area (Å²) in [4.78, 5) is 26.4. The molecule has 0 fully saturated rings. The monoisotopic (exact) mass is 590 g/mol. The molecule has 0 bridgehead atoms.